The van der Waals surface area contributed by atoms with Crippen molar-refractivity contribution in [3.05, 3.63) is 52.8 Å². The van der Waals surface area contributed by atoms with E-state index in [1.807, 2.05) is 13.0 Å². The third-order valence-electron chi connectivity index (χ3n) is 3.18. The number of ether oxygens (including phenoxy) is 2. The number of rotatable bonds is 5. The van der Waals surface area contributed by atoms with Crippen LogP contribution < -0.4 is 14.8 Å². The molecule has 0 aliphatic heterocycles. The Kier molecular flexibility index (Phi) is 5.45. The SMILES string of the molecule is COc1ccc(C)cc1NC(=O)C(C)Oc1ccc(F)cc1Cl. The van der Waals surface area contributed by atoms with Gasteiger partial charge in [-0.1, -0.05) is 17.7 Å². The Labute approximate surface area is 139 Å². The Bertz CT molecular complexity index is 721. The predicted octanol–water partition coefficient (Wildman–Crippen LogP) is 4.20. The van der Waals surface area contributed by atoms with Crippen molar-refractivity contribution in [1.82, 2.24) is 0 Å². The standard InChI is InChI=1S/C17H17ClFNO3/c1-10-4-6-16(22-3)14(8-10)20-17(21)11(2)23-15-7-5-12(19)9-13(15)18/h4-9,11H,1-3H3,(H,20,21). The van der Waals surface area contributed by atoms with Gasteiger partial charge in [-0.05, 0) is 49.7 Å². The summed E-state index contributed by atoms with van der Waals surface area (Å²) in [7, 11) is 1.53. The molecule has 0 heterocycles. The third kappa shape index (κ3) is 4.36. The quantitative estimate of drug-likeness (QED) is 0.889. The third-order valence-corrected chi connectivity index (χ3v) is 3.48. The van der Waals surface area contributed by atoms with Gasteiger partial charge in [-0.15, -0.1) is 0 Å². The molecule has 0 spiro atoms. The zero-order valence-electron chi connectivity index (χ0n) is 13.0. The number of hydrogen-bond donors (Lipinski definition) is 1. The monoisotopic (exact) mass is 337 g/mol. The van der Waals surface area contributed by atoms with Gasteiger partial charge < -0.3 is 14.8 Å². The number of aryl methyl sites for hydroxylation is 1. The average molecular weight is 338 g/mol. The van der Waals surface area contributed by atoms with Crippen LogP contribution in [0.15, 0.2) is 36.4 Å². The van der Waals surface area contributed by atoms with E-state index in [4.69, 9.17) is 21.1 Å². The van der Waals surface area contributed by atoms with Crippen molar-refractivity contribution < 1.29 is 18.7 Å². The van der Waals surface area contributed by atoms with E-state index in [9.17, 15) is 9.18 Å². The summed E-state index contributed by atoms with van der Waals surface area (Å²) >= 11 is 5.89. The van der Waals surface area contributed by atoms with Crippen LogP contribution in [0, 0.1) is 12.7 Å². The van der Waals surface area contributed by atoms with Crippen molar-refractivity contribution in [1.29, 1.82) is 0 Å². The molecular weight excluding hydrogens is 321 g/mol. The Balaban J connectivity index is 2.10. The van der Waals surface area contributed by atoms with Crippen molar-refractivity contribution >= 4 is 23.2 Å². The molecule has 1 atom stereocenters. The highest BCUT2D eigenvalue weighted by Gasteiger charge is 2.18. The Morgan fingerprint density at radius 2 is 1.91 bits per heavy atom. The zero-order chi connectivity index (χ0) is 17.0. The van der Waals surface area contributed by atoms with Gasteiger partial charge in [0.05, 0.1) is 17.8 Å². The van der Waals surface area contributed by atoms with Crippen LogP contribution in [-0.2, 0) is 4.79 Å². The lowest BCUT2D eigenvalue weighted by Crippen LogP contribution is -2.30. The molecule has 23 heavy (non-hydrogen) atoms. The van der Waals surface area contributed by atoms with Crippen LogP contribution in [0.2, 0.25) is 5.02 Å². The number of nitrogens with one attached hydrogen (secondary N) is 1. The second kappa shape index (κ2) is 7.33. The van der Waals surface area contributed by atoms with Crippen LogP contribution in [-0.4, -0.2) is 19.1 Å². The van der Waals surface area contributed by atoms with Gasteiger partial charge in [0.1, 0.15) is 17.3 Å². The highest BCUT2D eigenvalue weighted by atomic mass is 35.5. The van der Waals surface area contributed by atoms with Crippen LogP contribution in [0.25, 0.3) is 0 Å². The van der Waals surface area contributed by atoms with E-state index in [1.54, 1.807) is 19.1 Å². The van der Waals surface area contributed by atoms with E-state index in [-0.39, 0.29) is 16.7 Å². The summed E-state index contributed by atoms with van der Waals surface area (Å²) in [5.74, 6) is -0.0406. The number of carbonyl (C=O) groups is 1. The first-order chi connectivity index (χ1) is 10.9. The summed E-state index contributed by atoms with van der Waals surface area (Å²) in [6, 6.07) is 9.18. The lowest BCUT2D eigenvalue weighted by atomic mass is 10.2. The molecule has 1 N–H and O–H groups in total. The fourth-order valence-corrected chi connectivity index (χ4v) is 2.18. The van der Waals surface area contributed by atoms with Crippen LogP contribution in [0.1, 0.15) is 12.5 Å². The number of methoxy groups -OCH3 is 1. The largest absolute Gasteiger partial charge is 0.495 e. The first-order valence-corrected chi connectivity index (χ1v) is 7.35. The fraction of sp³-hybridized carbons (Fsp3) is 0.235. The van der Waals surface area contributed by atoms with Gasteiger partial charge in [0.15, 0.2) is 6.10 Å². The highest BCUT2D eigenvalue weighted by Crippen LogP contribution is 2.27. The molecule has 0 saturated carbocycles. The number of benzene rings is 2. The van der Waals surface area contributed by atoms with Gasteiger partial charge in [0, 0.05) is 0 Å². The van der Waals surface area contributed by atoms with Gasteiger partial charge in [-0.25, -0.2) is 4.39 Å². The van der Waals surface area contributed by atoms with Crippen molar-refractivity contribution in [2.24, 2.45) is 0 Å². The maximum Gasteiger partial charge on any atom is 0.265 e. The van der Waals surface area contributed by atoms with E-state index in [0.717, 1.165) is 11.6 Å². The van der Waals surface area contributed by atoms with Crippen molar-refractivity contribution in [3.63, 3.8) is 0 Å². The Hall–Kier alpha value is -2.27. The Morgan fingerprint density at radius 1 is 1.22 bits per heavy atom. The summed E-state index contributed by atoms with van der Waals surface area (Å²) in [5, 5.41) is 2.86. The second-order valence-corrected chi connectivity index (χ2v) is 5.44. The van der Waals surface area contributed by atoms with E-state index in [0.29, 0.717) is 11.4 Å². The molecule has 0 bridgehead atoms. The molecule has 1 amide bonds. The molecule has 6 heteroatoms. The minimum Gasteiger partial charge on any atom is -0.495 e. The van der Waals surface area contributed by atoms with Crippen molar-refractivity contribution in [2.45, 2.75) is 20.0 Å². The topological polar surface area (TPSA) is 47.6 Å². The molecule has 0 aliphatic carbocycles. The highest BCUT2D eigenvalue weighted by molar-refractivity contribution is 6.32. The first kappa shape index (κ1) is 17.1. The van der Waals surface area contributed by atoms with E-state index in [2.05, 4.69) is 5.32 Å². The van der Waals surface area contributed by atoms with E-state index < -0.39 is 11.9 Å². The molecule has 2 rings (SSSR count). The minimum atomic E-state index is -0.817. The molecular formula is C17H17ClFNO3. The average Bonchev–Trinajstić information content (AvgIpc) is 2.50. The lowest BCUT2D eigenvalue weighted by Gasteiger charge is -2.17. The molecule has 122 valence electrons. The van der Waals surface area contributed by atoms with Crippen molar-refractivity contribution in [2.75, 3.05) is 12.4 Å². The Morgan fingerprint density at radius 3 is 2.57 bits per heavy atom. The van der Waals surface area contributed by atoms with E-state index in [1.165, 1.54) is 19.2 Å². The first-order valence-electron chi connectivity index (χ1n) is 6.98. The van der Waals surface area contributed by atoms with Gasteiger partial charge >= 0.3 is 0 Å². The molecule has 0 aliphatic rings. The van der Waals surface area contributed by atoms with Crippen LogP contribution in [0.4, 0.5) is 10.1 Å². The summed E-state index contributed by atoms with van der Waals surface area (Å²) in [4.78, 5) is 12.3. The molecule has 1 unspecified atom stereocenters. The van der Waals surface area contributed by atoms with Crippen LogP contribution in [0.5, 0.6) is 11.5 Å². The fourth-order valence-electron chi connectivity index (χ4n) is 1.97. The molecule has 2 aromatic carbocycles. The zero-order valence-corrected chi connectivity index (χ0v) is 13.8. The van der Waals surface area contributed by atoms with E-state index >= 15 is 0 Å². The number of halogens is 2. The van der Waals surface area contributed by atoms with Crippen molar-refractivity contribution in [3.8, 4) is 11.5 Å². The second-order valence-electron chi connectivity index (χ2n) is 5.03. The molecule has 2 aromatic rings. The smallest absolute Gasteiger partial charge is 0.265 e. The summed E-state index contributed by atoms with van der Waals surface area (Å²) in [6.07, 6.45) is -0.817. The van der Waals surface area contributed by atoms with Gasteiger partial charge in [-0.3, -0.25) is 4.79 Å². The normalized spacial score (nSPS) is 11.7. The van der Waals surface area contributed by atoms with Crippen LogP contribution >= 0.6 is 11.6 Å². The predicted molar refractivity (Wildman–Crippen MR) is 87.9 cm³/mol. The number of anilines is 1. The molecule has 0 fully saturated rings. The molecule has 4 nitrogen and oxygen atoms in total. The number of carbonyl (C=O) groups excluding carboxylic acids is 1. The lowest BCUT2D eigenvalue weighted by molar-refractivity contribution is -0.122. The molecule has 0 aromatic heterocycles. The van der Waals surface area contributed by atoms with Gasteiger partial charge in [0.25, 0.3) is 5.91 Å². The van der Waals surface area contributed by atoms with Crippen LogP contribution in [0.3, 0.4) is 0 Å². The maximum absolute atomic E-state index is 13.0. The minimum absolute atomic E-state index is 0.109. The molecule has 0 saturated heterocycles. The molecule has 0 radical (unpaired) electrons. The number of hydrogen-bond acceptors (Lipinski definition) is 3. The van der Waals surface area contributed by atoms with Gasteiger partial charge in [0.2, 0.25) is 0 Å². The summed E-state index contributed by atoms with van der Waals surface area (Å²) in [6.45, 7) is 3.49. The number of amides is 1. The summed E-state index contributed by atoms with van der Waals surface area (Å²) < 4.78 is 23.7. The maximum atomic E-state index is 13.0. The van der Waals surface area contributed by atoms with Gasteiger partial charge in [-0.2, -0.15) is 0 Å². The summed E-state index contributed by atoms with van der Waals surface area (Å²) in [5.41, 5.74) is 1.54.